The minimum atomic E-state index is -1.09. The maximum atomic E-state index is 12.0. The van der Waals surface area contributed by atoms with Gasteiger partial charge >= 0.3 is 17.9 Å². The van der Waals surface area contributed by atoms with Gasteiger partial charge in [-0.2, -0.15) is 0 Å². The van der Waals surface area contributed by atoms with Gasteiger partial charge < -0.3 is 14.2 Å². The third-order valence-corrected chi connectivity index (χ3v) is 3.31. The van der Waals surface area contributed by atoms with Crippen LogP contribution < -0.4 is 0 Å². The molecule has 0 aliphatic carbocycles. The van der Waals surface area contributed by atoms with Crippen LogP contribution in [-0.2, 0) is 28.6 Å². The van der Waals surface area contributed by atoms with E-state index in [0.29, 0.717) is 0 Å². The Morgan fingerprint density at radius 3 is 1.48 bits per heavy atom. The van der Waals surface area contributed by atoms with E-state index in [0.717, 1.165) is 0 Å². The molecule has 0 N–H and O–H groups in total. The van der Waals surface area contributed by atoms with Gasteiger partial charge in [0.25, 0.3) is 0 Å². The quantitative estimate of drug-likeness (QED) is 0.570. The first-order chi connectivity index (χ1) is 10.1. The molecule has 3 atom stereocenters. The summed E-state index contributed by atoms with van der Waals surface area (Å²) in [5.74, 6) is -2.28. The molecule has 0 amide bonds. The second-order valence-electron chi connectivity index (χ2n) is 7.78. The van der Waals surface area contributed by atoms with E-state index >= 15 is 0 Å². The standard InChI is InChI=1S/C17H30O6/c1-10(16(4,5)6)13(18)21-11(2)14(19)22-12(3)15(20)23-17(7,8)9/h10-12H,1-9H3. The topological polar surface area (TPSA) is 78.9 Å². The molecular weight excluding hydrogens is 300 g/mol. The van der Waals surface area contributed by atoms with Gasteiger partial charge in [0.05, 0.1) is 5.92 Å². The van der Waals surface area contributed by atoms with Gasteiger partial charge in [0, 0.05) is 0 Å². The number of carbonyl (C=O) groups excluding carboxylic acids is 3. The lowest BCUT2D eigenvalue weighted by Gasteiger charge is -2.26. The van der Waals surface area contributed by atoms with Gasteiger partial charge in [-0.15, -0.1) is 0 Å². The lowest BCUT2D eigenvalue weighted by Crippen LogP contribution is -2.37. The third-order valence-electron chi connectivity index (χ3n) is 3.31. The molecule has 0 aromatic rings. The van der Waals surface area contributed by atoms with Crippen molar-refractivity contribution in [1.82, 2.24) is 0 Å². The van der Waals surface area contributed by atoms with Gasteiger partial charge in [0.15, 0.2) is 12.2 Å². The van der Waals surface area contributed by atoms with Crippen molar-refractivity contribution in [3.8, 4) is 0 Å². The average molecular weight is 330 g/mol. The summed E-state index contributed by atoms with van der Waals surface area (Å²) in [5.41, 5.74) is -0.942. The predicted octanol–water partition coefficient (Wildman–Crippen LogP) is 2.87. The first kappa shape index (κ1) is 21.4. The molecule has 0 aromatic heterocycles. The number of esters is 3. The zero-order chi connectivity index (χ0) is 18.6. The number of ether oxygens (including phenoxy) is 3. The monoisotopic (exact) mass is 330 g/mol. The van der Waals surface area contributed by atoms with Gasteiger partial charge in [-0.3, -0.25) is 4.79 Å². The molecule has 0 bridgehead atoms. The van der Waals surface area contributed by atoms with E-state index in [1.807, 2.05) is 20.8 Å². The van der Waals surface area contributed by atoms with E-state index in [4.69, 9.17) is 14.2 Å². The van der Waals surface area contributed by atoms with Crippen LogP contribution in [0.1, 0.15) is 62.3 Å². The van der Waals surface area contributed by atoms with Gasteiger partial charge in [-0.25, -0.2) is 9.59 Å². The highest BCUT2D eigenvalue weighted by atomic mass is 16.6. The van der Waals surface area contributed by atoms with E-state index in [9.17, 15) is 14.4 Å². The predicted molar refractivity (Wildman–Crippen MR) is 85.6 cm³/mol. The molecule has 6 heteroatoms. The fraction of sp³-hybridized carbons (Fsp3) is 0.824. The Balaban J connectivity index is 4.57. The summed E-state index contributed by atoms with van der Waals surface area (Å²) in [6.07, 6.45) is -2.15. The maximum absolute atomic E-state index is 12.0. The fourth-order valence-electron chi connectivity index (χ4n) is 1.38. The second-order valence-corrected chi connectivity index (χ2v) is 7.78. The number of hydrogen-bond donors (Lipinski definition) is 0. The van der Waals surface area contributed by atoms with Crippen molar-refractivity contribution in [2.45, 2.75) is 80.1 Å². The summed E-state index contributed by atoms with van der Waals surface area (Å²) in [6, 6.07) is 0. The molecule has 0 spiro atoms. The van der Waals surface area contributed by atoms with Crippen molar-refractivity contribution in [3.05, 3.63) is 0 Å². The summed E-state index contributed by atoms with van der Waals surface area (Å²) in [4.78, 5) is 35.7. The highest BCUT2D eigenvalue weighted by Crippen LogP contribution is 2.26. The number of carbonyl (C=O) groups is 3. The Kier molecular flexibility index (Phi) is 7.26. The summed E-state index contributed by atoms with van der Waals surface area (Å²) in [7, 11) is 0. The largest absolute Gasteiger partial charge is 0.457 e. The molecule has 0 saturated carbocycles. The van der Waals surface area contributed by atoms with Crippen LogP contribution in [-0.4, -0.2) is 35.7 Å². The van der Waals surface area contributed by atoms with Crippen LogP contribution in [0.25, 0.3) is 0 Å². The number of hydrogen-bond acceptors (Lipinski definition) is 6. The second kappa shape index (κ2) is 7.79. The summed E-state index contributed by atoms with van der Waals surface area (Å²) in [6.45, 7) is 15.5. The van der Waals surface area contributed by atoms with E-state index < -0.39 is 35.7 Å². The van der Waals surface area contributed by atoms with Crippen molar-refractivity contribution in [3.63, 3.8) is 0 Å². The fourth-order valence-corrected chi connectivity index (χ4v) is 1.38. The van der Waals surface area contributed by atoms with Crippen molar-refractivity contribution in [2.24, 2.45) is 11.3 Å². The molecule has 6 nitrogen and oxygen atoms in total. The lowest BCUT2D eigenvalue weighted by atomic mass is 9.82. The molecule has 134 valence electrons. The smallest absolute Gasteiger partial charge is 0.347 e. The first-order valence-electron chi connectivity index (χ1n) is 7.79. The van der Waals surface area contributed by atoms with Crippen LogP contribution in [0.5, 0.6) is 0 Å². The maximum Gasteiger partial charge on any atom is 0.347 e. The molecule has 0 heterocycles. The van der Waals surface area contributed by atoms with Gasteiger partial charge in [0.2, 0.25) is 0 Å². The zero-order valence-electron chi connectivity index (χ0n) is 15.7. The molecule has 0 aliphatic heterocycles. The van der Waals surface area contributed by atoms with Gasteiger partial charge in [-0.1, -0.05) is 27.7 Å². The van der Waals surface area contributed by atoms with E-state index in [1.54, 1.807) is 27.7 Å². The zero-order valence-corrected chi connectivity index (χ0v) is 15.7. The van der Waals surface area contributed by atoms with Crippen LogP contribution >= 0.6 is 0 Å². The molecule has 0 fully saturated rings. The minimum Gasteiger partial charge on any atom is -0.457 e. The number of rotatable bonds is 5. The Labute approximate surface area is 138 Å². The van der Waals surface area contributed by atoms with Crippen molar-refractivity contribution in [2.75, 3.05) is 0 Å². The van der Waals surface area contributed by atoms with Crippen LogP contribution in [0, 0.1) is 11.3 Å². The SMILES string of the molecule is CC(OC(=O)C(C)OC(=O)C(C)C(C)(C)C)C(=O)OC(C)(C)C. The van der Waals surface area contributed by atoms with E-state index in [-0.39, 0.29) is 11.3 Å². The highest BCUT2D eigenvalue weighted by molar-refractivity contribution is 5.83. The van der Waals surface area contributed by atoms with Crippen LogP contribution in [0.15, 0.2) is 0 Å². The normalized spacial score (nSPS) is 16.0. The van der Waals surface area contributed by atoms with Gasteiger partial charge in [-0.05, 0) is 40.0 Å². The average Bonchev–Trinajstić information content (AvgIpc) is 2.34. The molecular formula is C17H30O6. The summed E-state index contributed by atoms with van der Waals surface area (Å²) in [5, 5.41) is 0. The van der Waals surface area contributed by atoms with Crippen LogP contribution in [0.2, 0.25) is 0 Å². The molecule has 0 saturated heterocycles. The van der Waals surface area contributed by atoms with Crippen molar-refractivity contribution < 1.29 is 28.6 Å². The Hall–Kier alpha value is -1.59. The minimum absolute atomic E-state index is 0.273. The Morgan fingerprint density at radius 2 is 1.09 bits per heavy atom. The molecule has 0 radical (unpaired) electrons. The molecule has 0 aromatic carbocycles. The van der Waals surface area contributed by atoms with E-state index in [2.05, 4.69) is 0 Å². The lowest BCUT2D eigenvalue weighted by molar-refractivity contribution is -0.182. The molecule has 3 unspecified atom stereocenters. The Bertz CT molecular complexity index is 441. The van der Waals surface area contributed by atoms with Gasteiger partial charge in [0.1, 0.15) is 5.60 Å². The highest BCUT2D eigenvalue weighted by Gasteiger charge is 2.32. The molecule has 0 rings (SSSR count). The van der Waals surface area contributed by atoms with Crippen LogP contribution in [0.3, 0.4) is 0 Å². The van der Waals surface area contributed by atoms with Crippen LogP contribution in [0.4, 0.5) is 0 Å². The summed E-state index contributed by atoms with van der Waals surface area (Å²) >= 11 is 0. The molecule has 23 heavy (non-hydrogen) atoms. The molecule has 0 aliphatic rings. The van der Waals surface area contributed by atoms with Crippen molar-refractivity contribution in [1.29, 1.82) is 0 Å². The van der Waals surface area contributed by atoms with Crippen molar-refractivity contribution >= 4 is 17.9 Å². The summed E-state index contributed by atoms with van der Waals surface area (Å²) < 4.78 is 15.2. The van der Waals surface area contributed by atoms with E-state index in [1.165, 1.54) is 13.8 Å². The Morgan fingerprint density at radius 1 is 0.696 bits per heavy atom. The third kappa shape index (κ3) is 8.00. The first-order valence-corrected chi connectivity index (χ1v) is 7.79.